The number of esters is 1. The number of rotatable bonds is 5. The lowest BCUT2D eigenvalue weighted by Crippen LogP contribution is -2.56. The molecule has 1 amide bonds. The maximum Gasteiger partial charge on any atom is 0.337 e. The number of carbonyl (C=O) groups is 2. The summed E-state index contributed by atoms with van der Waals surface area (Å²) in [4.78, 5) is 24.5. The summed E-state index contributed by atoms with van der Waals surface area (Å²) < 4.78 is 2.76. The van der Waals surface area contributed by atoms with Crippen LogP contribution in [0, 0.1) is 0 Å². The highest BCUT2D eigenvalue weighted by molar-refractivity contribution is 7.80. The zero-order valence-corrected chi connectivity index (χ0v) is 19.8. The fraction of sp³-hybridized carbons (Fsp3) is 0.136. The molecule has 0 radical (unpaired) electrons. The number of amides is 1. The number of alkyl halides is 3. The molecule has 166 valence electrons. The standard InChI is InChI=1S/C22H18Cl3N3O3S/c1-31-19(30)14-9-11-15(12-10-14)26-21(32)28-20(22(23,24)25)27-18(29)17-8-4-6-13-5-2-3-7-16(13)17/h2-12,20H,1H3,(H,27,29)(H2,26,28,32)/t20-/m0/s1. The van der Waals surface area contributed by atoms with Gasteiger partial charge in [0.15, 0.2) is 5.11 Å². The van der Waals surface area contributed by atoms with Crippen molar-refractivity contribution in [3.05, 3.63) is 77.9 Å². The minimum Gasteiger partial charge on any atom is -0.465 e. The van der Waals surface area contributed by atoms with Gasteiger partial charge < -0.3 is 20.7 Å². The first-order valence-corrected chi connectivity index (χ1v) is 10.8. The van der Waals surface area contributed by atoms with E-state index in [0.29, 0.717) is 16.8 Å². The molecular weight excluding hydrogens is 493 g/mol. The van der Waals surface area contributed by atoms with Gasteiger partial charge >= 0.3 is 5.97 Å². The highest BCUT2D eigenvalue weighted by atomic mass is 35.6. The topological polar surface area (TPSA) is 79.5 Å². The molecule has 1 atom stereocenters. The molecular formula is C22H18Cl3N3O3S. The Kier molecular flexibility index (Phi) is 7.79. The first-order chi connectivity index (χ1) is 15.2. The zero-order chi connectivity index (χ0) is 23.3. The van der Waals surface area contributed by atoms with Crippen LogP contribution in [0.25, 0.3) is 10.8 Å². The number of carbonyl (C=O) groups excluding carboxylic acids is 2. The highest BCUT2D eigenvalue weighted by Crippen LogP contribution is 2.30. The fourth-order valence-corrected chi connectivity index (χ4v) is 3.50. The predicted octanol–water partition coefficient (Wildman–Crippen LogP) is 5.04. The van der Waals surface area contributed by atoms with Crippen LogP contribution in [0.3, 0.4) is 0 Å². The largest absolute Gasteiger partial charge is 0.465 e. The van der Waals surface area contributed by atoms with E-state index in [1.165, 1.54) is 7.11 Å². The van der Waals surface area contributed by atoms with E-state index in [1.54, 1.807) is 36.4 Å². The van der Waals surface area contributed by atoms with Gasteiger partial charge in [0.1, 0.15) is 6.17 Å². The number of thiocarbonyl (C=S) groups is 1. The number of hydrogen-bond acceptors (Lipinski definition) is 4. The Bertz CT molecular complexity index is 1150. The molecule has 0 unspecified atom stereocenters. The van der Waals surface area contributed by atoms with Gasteiger partial charge in [-0.3, -0.25) is 4.79 Å². The van der Waals surface area contributed by atoms with E-state index in [2.05, 4.69) is 20.7 Å². The fourth-order valence-electron chi connectivity index (χ4n) is 2.94. The SMILES string of the molecule is COC(=O)c1ccc(NC(=S)N[C@H](NC(=O)c2cccc3ccccc23)C(Cl)(Cl)Cl)cc1. The minimum absolute atomic E-state index is 0.102. The smallest absolute Gasteiger partial charge is 0.337 e. The van der Waals surface area contributed by atoms with Gasteiger partial charge in [-0.15, -0.1) is 0 Å². The molecule has 32 heavy (non-hydrogen) atoms. The quantitative estimate of drug-likeness (QED) is 0.193. The van der Waals surface area contributed by atoms with Crippen molar-refractivity contribution in [2.75, 3.05) is 12.4 Å². The van der Waals surface area contributed by atoms with Gasteiger partial charge in [0.05, 0.1) is 12.7 Å². The van der Waals surface area contributed by atoms with Crippen LogP contribution in [0.5, 0.6) is 0 Å². The van der Waals surface area contributed by atoms with Crippen molar-refractivity contribution in [2.24, 2.45) is 0 Å². The van der Waals surface area contributed by atoms with Crippen molar-refractivity contribution in [2.45, 2.75) is 9.96 Å². The van der Waals surface area contributed by atoms with E-state index < -0.39 is 21.8 Å². The van der Waals surface area contributed by atoms with Crippen molar-refractivity contribution in [3.8, 4) is 0 Å². The van der Waals surface area contributed by atoms with Gasteiger partial charge in [-0.1, -0.05) is 71.2 Å². The summed E-state index contributed by atoms with van der Waals surface area (Å²) in [5.41, 5.74) is 1.40. The summed E-state index contributed by atoms with van der Waals surface area (Å²) in [6.07, 6.45) is -1.13. The first kappa shape index (κ1) is 24.1. The molecule has 0 bridgehead atoms. The third-order valence-electron chi connectivity index (χ3n) is 4.48. The third-order valence-corrected chi connectivity index (χ3v) is 5.35. The second kappa shape index (κ2) is 10.4. The lowest BCUT2D eigenvalue weighted by Gasteiger charge is -2.28. The van der Waals surface area contributed by atoms with E-state index in [0.717, 1.165) is 10.8 Å². The van der Waals surface area contributed by atoms with E-state index in [-0.39, 0.29) is 5.11 Å². The molecule has 0 aliphatic carbocycles. The molecule has 0 fully saturated rings. The molecule has 0 saturated heterocycles. The molecule has 3 N–H and O–H groups in total. The molecule has 3 aromatic rings. The Labute approximate surface area is 205 Å². The first-order valence-electron chi connectivity index (χ1n) is 9.30. The number of ether oxygens (including phenoxy) is 1. The lowest BCUT2D eigenvalue weighted by atomic mass is 10.0. The molecule has 6 nitrogen and oxygen atoms in total. The van der Waals surface area contributed by atoms with Crippen LogP contribution in [-0.2, 0) is 4.74 Å². The monoisotopic (exact) mass is 509 g/mol. The van der Waals surface area contributed by atoms with Gasteiger partial charge in [0, 0.05) is 11.3 Å². The highest BCUT2D eigenvalue weighted by Gasteiger charge is 2.35. The summed E-state index contributed by atoms with van der Waals surface area (Å²) in [5, 5.41) is 10.2. The zero-order valence-electron chi connectivity index (χ0n) is 16.7. The number of methoxy groups -OCH3 is 1. The molecule has 0 heterocycles. The van der Waals surface area contributed by atoms with Crippen LogP contribution in [-0.4, -0.2) is 34.1 Å². The second-order valence-corrected chi connectivity index (χ2v) is 9.42. The summed E-state index contributed by atoms with van der Waals surface area (Å²) >= 11 is 23.5. The molecule has 0 spiro atoms. The molecule has 0 saturated carbocycles. The van der Waals surface area contributed by atoms with Gasteiger partial charge in [-0.2, -0.15) is 0 Å². The number of nitrogens with one attached hydrogen (secondary N) is 3. The summed E-state index contributed by atoms with van der Waals surface area (Å²) in [6.45, 7) is 0. The van der Waals surface area contributed by atoms with E-state index in [1.807, 2.05) is 30.3 Å². The average molecular weight is 511 g/mol. The molecule has 3 aromatic carbocycles. The van der Waals surface area contributed by atoms with Gasteiger partial charge in [0.25, 0.3) is 5.91 Å². The van der Waals surface area contributed by atoms with Crippen LogP contribution < -0.4 is 16.0 Å². The number of benzene rings is 3. The minimum atomic E-state index is -1.90. The van der Waals surface area contributed by atoms with Crippen molar-refractivity contribution >= 4 is 80.5 Å². The maximum absolute atomic E-state index is 13.0. The Balaban J connectivity index is 1.72. The van der Waals surface area contributed by atoms with Crippen LogP contribution >= 0.6 is 47.0 Å². The Hall–Kier alpha value is -2.58. The lowest BCUT2D eigenvalue weighted by molar-refractivity contribution is 0.0600. The van der Waals surface area contributed by atoms with Gasteiger partial charge in [0.2, 0.25) is 3.79 Å². The molecule has 0 aromatic heterocycles. The van der Waals surface area contributed by atoms with Crippen LogP contribution in [0.2, 0.25) is 0 Å². The average Bonchev–Trinajstić information content (AvgIpc) is 2.77. The van der Waals surface area contributed by atoms with Crippen molar-refractivity contribution in [3.63, 3.8) is 0 Å². The summed E-state index contributed by atoms with van der Waals surface area (Å²) in [7, 11) is 1.30. The van der Waals surface area contributed by atoms with Gasteiger partial charge in [-0.05, 0) is 53.3 Å². The van der Waals surface area contributed by atoms with Crippen molar-refractivity contribution < 1.29 is 14.3 Å². The van der Waals surface area contributed by atoms with E-state index in [9.17, 15) is 9.59 Å². The molecule has 10 heteroatoms. The number of halogens is 3. The number of anilines is 1. The number of hydrogen-bond donors (Lipinski definition) is 3. The summed E-state index contributed by atoms with van der Waals surface area (Å²) in [5.74, 6) is -0.888. The Morgan fingerprint density at radius 3 is 2.25 bits per heavy atom. The second-order valence-electron chi connectivity index (χ2n) is 6.64. The van der Waals surface area contributed by atoms with Crippen molar-refractivity contribution in [1.29, 1.82) is 0 Å². The molecule has 0 aliphatic heterocycles. The Morgan fingerprint density at radius 1 is 0.938 bits per heavy atom. The van der Waals surface area contributed by atoms with Crippen LogP contribution in [0.1, 0.15) is 20.7 Å². The number of fused-ring (bicyclic) bond motifs is 1. The Morgan fingerprint density at radius 2 is 1.59 bits per heavy atom. The van der Waals surface area contributed by atoms with Crippen LogP contribution in [0.15, 0.2) is 66.7 Å². The predicted molar refractivity (Wildman–Crippen MR) is 133 cm³/mol. The van der Waals surface area contributed by atoms with Crippen LogP contribution in [0.4, 0.5) is 5.69 Å². The van der Waals surface area contributed by atoms with Gasteiger partial charge in [-0.25, -0.2) is 4.79 Å². The maximum atomic E-state index is 13.0. The van der Waals surface area contributed by atoms with E-state index >= 15 is 0 Å². The molecule has 3 rings (SSSR count). The molecule has 0 aliphatic rings. The van der Waals surface area contributed by atoms with E-state index in [4.69, 9.17) is 47.0 Å². The third kappa shape index (κ3) is 6.01. The van der Waals surface area contributed by atoms with Crippen molar-refractivity contribution in [1.82, 2.24) is 10.6 Å². The summed E-state index contributed by atoms with van der Waals surface area (Å²) in [6, 6.07) is 19.3. The normalized spacial score (nSPS) is 12.0.